The summed E-state index contributed by atoms with van der Waals surface area (Å²) in [6.45, 7) is 5.76. The molecule has 0 spiro atoms. The van der Waals surface area contributed by atoms with Crippen molar-refractivity contribution in [1.82, 2.24) is 5.32 Å². The van der Waals surface area contributed by atoms with E-state index in [2.05, 4.69) is 10.1 Å². The van der Waals surface area contributed by atoms with Gasteiger partial charge < -0.3 is 14.8 Å². The van der Waals surface area contributed by atoms with Gasteiger partial charge in [0.15, 0.2) is 6.04 Å². The number of carbonyl (C=O) groups excluding carboxylic acids is 2. The Morgan fingerprint density at radius 3 is 2.46 bits per heavy atom. The lowest BCUT2D eigenvalue weighted by atomic mass is 10.2. The third-order valence-corrected chi connectivity index (χ3v) is 1.45. The summed E-state index contributed by atoms with van der Waals surface area (Å²) in [6.07, 6.45) is -0.701. The van der Waals surface area contributed by atoms with Crippen LogP contribution >= 0.6 is 0 Å². The molecule has 1 N–H and O–H groups in total. The lowest BCUT2D eigenvalue weighted by Crippen LogP contribution is -2.36. The molecular weight excluding hydrogens is 174 g/mol. The van der Waals surface area contributed by atoms with Crippen molar-refractivity contribution in [2.24, 2.45) is 0 Å². The summed E-state index contributed by atoms with van der Waals surface area (Å²) < 4.78 is 9.59. The molecule has 1 amide bonds. The van der Waals surface area contributed by atoms with Gasteiger partial charge in [0.2, 0.25) is 0 Å². The molecule has 1 aliphatic rings. The molecule has 0 aliphatic carbocycles. The van der Waals surface area contributed by atoms with Gasteiger partial charge in [0.25, 0.3) is 0 Å². The van der Waals surface area contributed by atoms with E-state index in [1.54, 1.807) is 0 Å². The number of rotatable bonds is 2. The first-order valence-electron chi connectivity index (χ1n) is 4.04. The van der Waals surface area contributed by atoms with Gasteiger partial charge in [-0.2, -0.15) is 0 Å². The zero-order valence-electron chi connectivity index (χ0n) is 7.92. The fourth-order valence-electron chi connectivity index (χ4n) is 0.836. The molecule has 0 saturated carbocycles. The Bertz CT molecular complexity index is 231. The van der Waals surface area contributed by atoms with Crippen LogP contribution < -0.4 is 5.32 Å². The van der Waals surface area contributed by atoms with Gasteiger partial charge in [0, 0.05) is 0 Å². The number of nitrogens with one attached hydrogen (secondary N) is 1. The van der Waals surface area contributed by atoms with Crippen molar-refractivity contribution in [3.05, 3.63) is 0 Å². The van der Waals surface area contributed by atoms with Gasteiger partial charge in [-0.1, -0.05) is 0 Å². The summed E-state index contributed by atoms with van der Waals surface area (Å²) in [4.78, 5) is 21.5. The van der Waals surface area contributed by atoms with Gasteiger partial charge in [-0.25, -0.2) is 9.59 Å². The average Bonchev–Trinajstić information content (AvgIpc) is 2.24. The van der Waals surface area contributed by atoms with Crippen molar-refractivity contribution in [2.45, 2.75) is 32.4 Å². The highest BCUT2D eigenvalue weighted by molar-refractivity contribution is 5.95. The SMILES string of the molecule is CC(C)(C)OCC1NC(=O)OC1=O. The number of cyclic esters (lactones) is 2. The Hall–Kier alpha value is -1.10. The van der Waals surface area contributed by atoms with Gasteiger partial charge in [0.1, 0.15) is 0 Å². The number of ether oxygens (including phenoxy) is 2. The molecule has 0 radical (unpaired) electrons. The summed E-state index contributed by atoms with van der Waals surface area (Å²) in [5.74, 6) is -0.575. The molecule has 1 atom stereocenters. The highest BCUT2D eigenvalue weighted by Crippen LogP contribution is 2.09. The minimum absolute atomic E-state index is 0.147. The normalized spacial score (nSPS) is 22.8. The van der Waals surface area contributed by atoms with Crippen LogP contribution in [0.15, 0.2) is 0 Å². The highest BCUT2D eigenvalue weighted by Gasteiger charge is 2.33. The second-order valence-corrected chi connectivity index (χ2v) is 3.83. The van der Waals surface area contributed by atoms with Crippen molar-refractivity contribution in [1.29, 1.82) is 0 Å². The number of alkyl carbamates (subject to hydrolysis) is 1. The maximum atomic E-state index is 10.9. The van der Waals surface area contributed by atoms with Crippen LogP contribution in [0.1, 0.15) is 20.8 Å². The Morgan fingerprint density at radius 2 is 2.08 bits per heavy atom. The largest absolute Gasteiger partial charge is 0.415 e. The molecule has 5 heteroatoms. The standard InChI is InChI=1S/C8H13NO4/c1-8(2,3)12-4-5-6(10)13-7(11)9-5/h5H,4H2,1-3H3,(H,9,11). The molecule has 74 valence electrons. The first kappa shape index (κ1) is 9.98. The summed E-state index contributed by atoms with van der Waals surface area (Å²) >= 11 is 0. The van der Waals surface area contributed by atoms with E-state index in [4.69, 9.17) is 4.74 Å². The topological polar surface area (TPSA) is 64.6 Å². The summed E-state index contributed by atoms with van der Waals surface area (Å²) in [5, 5.41) is 2.34. The maximum Gasteiger partial charge on any atom is 0.415 e. The quantitative estimate of drug-likeness (QED) is 0.503. The van der Waals surface area contributed by atoms with E-state index in [1.165, 1.54) is 0 Å². The van der Waals surface area contributed by atoms with Crippen molar-refractivity contribution in [3.63, 3.8) is 0 Å². The molecule has 13 heavy (non-hydrogen) atoms. The smallest absolute Gasteiger partial charge is 0.375 e. The zero-order valence-corrected chi connectivity index (χ0v) is 7.92. The molecule has 0 aromatic rings. The molecule has 5 nitrogen and oxygen atoms in total. The predicted octanol–water partition coefficient (Wildman–Crippen LogP) is 0.436. The van der Waals surface area contributed by atoms with Gasteiger partial charge in [-0.3, -0.25) is 0 Å². The van der Waals surface area contributed by atoms with Gasteiger partial charge in [-0.05, 0) is 20.8 Å². The first-order chi connectivity index (χ1) is 5.88. The minimum atomic E-state index is -0.701. The van der Waals surface area contributed by atoms with E-state index in [9.17, 15) is 9.59 Å². The van der Waals surface area contributed by atoms with Gasteiger partial charge in [0.05, 0.1) is 12.2 Å². The van der Waals surface area contributed by atoms with Gasteiger partial charge in [-0.15, -0.1) is 0 Å². The van der Waals surface area contributed by atoms with Crippen LogP contribution in [0.3, 0.4) is 0 Å². The molecule has 1 fully saturated rings. The van der Waals surface area contributed by atoms with E-state index in [0.29, 0.717) is 0 Å². The lowest BCUT2D eigenvalue weighted by Gasteiger charge is -2.20. The molecule has 1 heterocycles. The third-order valence-electron chi connectivity index (χ3n) is 1.45. The highest BCUT2D eigenvalue weighted by atomic mass is 16.6. The minimum Gasteiger partial charge on any atom is -0.375 e. The van der Waals surface area contributed by atoms with E-state index in [-0.39, 0.29) is 12.2 Å². The van der Waals surface area contributed by atoms with Crippen LogP contribution in [0.5, 0.6) is 0 Å². The fraction of sp³-hybridized carbons (Fsp3) is 0.750. The van der Waals surface area contributed by atoms with Crippen molar-refractivity contribution in [2.75, 3.05) is 6.61 Å². The molecule has 1 rings (SSSR count). The molecule has 1 saturated heterocycles. The van der Waals surface area contributed by atoms with Crippen molar-refractivity contribution >= 4 is 12.1 Å². The number of hydrogen-bond donors (Lipinski definition) is 1. The van der Waals surface area contributed by atoms with Crippen molar-refractivity contribution < 1.29 is 19.1 Å². The lowest BCUT2D eigenvalue weighted by molar-refractivity contribution is -0.137. The van der Waals surface area contributed by atoms with Crippen LogP contribution in [0.25, 0.3) is 0 Å². The molecular formula is C8H13NO4. The Kier molecular flexibility index (Phi) is 2.56. The Balaban J connectivity index is 2.38. The number of carbonyl (C=O) groups is 2. The Labute approximate surface area is 76.4 Å². The monoisotopic (exact) mass is 187 g/mol. The van der Waals surface area contributed by atoms with Crippen LogP contribution in [0, 0.1) is 0 Å². The maximum absolute atomic E-state index is 10.9. The molecule has 0 aromatic carbocycles. The first-order valence-corrected chi connectivity index (χ1v) is 4.04. The van der Waals surface area contributed by atoms with E-state index in [0.717, 1.165) is 0 Å². The molecule has 0 aromatic heterocycles. The van der Waals surface area contributed by atoms with E-state index < -0.39 is 18.1 Å². The summed E-state index contributed by atoms with van der Waals surface area (Å²) in [5.41, 5.74) is -0.326. The van der Waals surface area contributed by atoms with E-state index in [1.807, 2.05) is 20.8 Å². The number of esters is 1. The van der Waals surface area contributed by atoms with Crippen LogP contribution in [-0.2, 0) is 14.3 Å². The average molecular weight is 187 g/mol. The Morgan fingerprint density at radius 1 is 1.46 bits per heavy atom. The fourth-order valence-corrected chi connectivity index (χ4v) is 0.836. The second kappa shape index (κ2) is 3.33. The summed E-state index contributed by atoms with van der Waals surface area (Å²) in [6, 6.07) is -0.660. The second-order valence-electron chi connectivity index (χ2n) is 3.83. The van der Waals surface area contributed by atoms with Gasteiger partial charge >= 0.3 is 12.1 Å². The molecule has 1 aliphatic heterocycles. The van der Waals surface area contributed by atoms with Crippen molar-refractivity contribution in [3.8, 4) is 0 Å². The number of amides is 1. The summed E-state index contributed by atoms with van der Waals surface area (Å²) in [7, 11) is 0. The predicted molar refractivity (Wildman–Crippen MR) is 44.1 cm³/mol. The molecule has 0 bridgehead atoms. The molecule has 1 unspecified atom stereocenters. The van der Waals surface area contributed by atoms with Crippen LogP contribution in [0.4, 0.5) is 4.79 Å². The number of hydrogen-bond acceptors (Lipinski definition) is 4. The van der Waals surface area contributed by atoms with Crippen LogP contribution in [-0.4, -0.2) is 30.3 Å². The zero-order chi connectivity index (χ0) is 10.1. The van der Waals surface area contributed by atoms with E-state index >= 15 is 0 Å². The van der Waals surface area contributed by atoms with Crippen LogP contribution in [0.2, 0.25) is 0 Å². The third kappa shape index (κ3) is 3.02.